The Kier molecular flexibility index (Phi) is 4.40. The van der Waals surface area contributed by atoms with Gasteiger partial charge in [-0.2, -0.15) is 0 Å². The number of hydrogen-bond donors (Lipinski definition) is 1. The first-order valence-corrected chi connectivity index (χ1v) is 8.58. The third-order valence-corrected chi connectivity index (χ3v) is 5.41. The molecule has 3 unspecified atom stereocenters. The highest BCUT2D eigenvalue weighted by atomic mass is 32.1. The van der Waals surface area contributed by atoms with E-state index >= 15 is 0 Å². The van der Waals surface area contributed by atoms with E-state index in [1.54, 1.807) is 11.3 Å². The number of hydrogen-bond acceptors (Lipinski definition) is 5. The summed E-state index contributed by atoms with van der Waals surface area (Å²) in [5.74, 6) is 3.24. The Morgan fingerprint density at radius 2 is 2.14 bits per heavy atom. The van der Waals surface area contributed by atoms with Crippen molar-refractivity contribution in [2.24, 2.45) is 11.8 Å². The highest BCUT2D eigenvalue weighted by Gasteiger charge is 2.25. The summed E-state index contributed by atoms with van der Waals surface area (Å²) in [5, 5.41) is 6.29. The molecule has 0 bridgehead atoms. The predicted octanol–water partition coefficient (Wildman–Crippen LogP) is 4.07. The largest absolute Gasteiger partial charge is 0.372 e. The number of rotatable bonds is 4. The Hall–Kier alpha value is -1.20. The van der Waals surface area contributed by atoms with Gasteiger partial charge in [0.2, 0.25) is 0 Å². The second-order valence-corrected chi connectivity index (χ2v) is 6.97. The maximum Gasteiger partial charge on any atom is 0.158 e. The van der Waals surface area contributed by atoms with Crippen LogP contribution in [0.2, 0.25) is 0 Å². The summed E-state index contributed by atoms with van der Waals surface area (Å²) in [5.41, 5.74) is 0. The van der Waals surface area contributed by atoms with Gasteiger partial charge in [0.1, 0.15) is 17.3 Å². The molecule has 0 radical (unpaired) electrons. The summed E-state index contributed by atoms with van der Waals surface area (Å²) in [4.78, 5) is 10.2. The maximum atomic E-state index is 6.06. The Morgan fingerprint density at radius 3 is 2.90 bits per heavy atom. The lowest BCUT2D eigenvalue weighted by molar-refractivity contribution is -0.0100. The van der Waals surface area contributed by atoms with Gasteiger partial charge >= 0.3 is 0 Å². The molecule has 3 atom stereocenters. The number of thiophene rings is 1. The van der Waals surface area contributed by atoms with E-state index in [1.807, 2.05) is 7.05 Å². The van der Waals surface area contributed by atoms with Crippen molar-refractivity contribution in [3.05, 3.63) is 17.3 Å². The molecular formula is C16H23N3OS. The standard InChI is InChI=1S/C16H23N3OS/c1-10-4-5-12(8-11(10)2)20-9-14-18-15(17-3)13-6-7-21-16(13)19-14/h6-7,10-12H,4-5,8-9H2,1-3H3,(H,17,18,19). The third kappa shape index (κ3) is 3.19. The Balaban J connectivity index is 1.68. The Labute approximate surface area is 129 Å². The Bertz CT molecular complexity index is 613. The number of fused-ring (bicyclic) bond motifs is 1. The minimum Gasteiger partial charge on any atom is -0.372 e. The molecule has 0 saturated heterocycles. The lowest BCUT2D eigenvalue weighted by Crippen LogP contribution is -2.26. The van der Waals surface area contributed by atoms with Crippen LogP contribution in [0, 0.1) is 11.8 Å². The van der Waals surface area contributed by atoms with Crippen LogP contribution in [0.15, 0.2) is 11.4 Å². The van der Waals surface area contributed by atoms with Gasteiger partial charge in [0.15, 0.2) is 5.82 Å². The Morgan fingerprint density at radius 1 is 1.29 bits per heavy atom. The topological polar surface area (TPSA) is 47.0 Å². The van der Waals surface area contributed by atoms with Gasteiger partial charge in [-0.15, -0.1) is 11.3 Å². The van der Waals surface area contributed by atoms with E-state index in [0.29, 0.717) is 12.7 Å². The molecule has 2 heterocycles. The van der Waals surface area contributed by atoms with Crippen LogP contribution in [0.25, 0.3) is 10.2 Å². The van der Waals surface area contributed by atoms with Gasteiger partial charge in [0.05, 0.1) is 11.5 Å². The van der Waals surface area contributed by atoms with Crippen molar-refractivity contribution in [2.75, 3.05) is 12.4 Å². The lowest BCUT2D eigenvalue weighted by atomic mass is 9.80. The molecular weight excluding hydrogens is 282 g/mol. The SMILES string of the molecule is CNc1nc(COC2CCC(C)C(C)C2)nc2sccc12. The van der Waals surface area contributed by atoms with E-state index in [4.69, 9.17) is 4.74 Å². The van der Waals surface area contributed by atoms with Crippen LogP contribution in [0.3, 0.4) is 0 Å². The third-order valence-electron chi connectivity index (χ3n) is 4.61. The zero-order chi connectivity index (χ0) is 14.8. The molecule has 4 nitrogen and oxygen atoms in total. The van der Waals surface area contributed by atoms with Crippen molar-refractivity contribution in [3.63, 3.8) is 0 Å². The van der Waals surface area contributed by atoms with Gasteiger partial charge in [-0.25, -0.2) is 9.97 Å². The summed E-state index contributed by atoms with van der Waals surface area (Å²) in [6.45, 7) is 5.18. The number of ether oxygens (including phenoxy) is 1. The van der Waals surface area contributed by atoms with E-state index in [0.717, 1.165) is 46.5 Å². The molecule has 0 aromatic carbocycles. The lowest BCUT2D eigenvalue weighted by Gasteiger charge is -2.31. The van der Waals surface area contributed by atoms with Gasteiger partial charge in [0, 0.05) is 7.05 Å². The van der Waals surface area contributed by atoms with Crippen molar-refractivity contribution in [3.8, 4) is 0 Å². The summed E-state index contributed by atoms with van der Waals surface area (Å²) in [7, 11) is 1.90. The smallest absolute Gasteiger partial charge is 0.158 e. The molecule has 1 N–H and O–H groups in total. The fraction of sp³-hybridized carbons (Fsp3) is 0.625. The fourth-order valence-corrected chi connectivity index (χ4v) is 3.78. The second-order valence-electron chi connectivity index (χ2n) is 6.08. The number of aromatic nitrogens is 2. The molecule has 114 valence electrons. The van der Waals surface area contributed by atoms with E-state index in [2.05, 4.69) is 40.6 Å². The first kappa shape index (κ1) is 14.7. The summed E-state index contributed by atoms with van der Waals surface area (Å²) >= 11 is 1.65. The van der Waals surface area contributed by atoms with Crippen molar-refractivity contribution >= 4 is 27.4 Å². The van der Waals surface area contributed by atoms with E-state index in [9.17, 15) is 0 Å². The molecule has 0 amide bonds. The fourth-order valence-electron chi connectivity index (χ4n) is 3.00. The summed E-state index contributed by atoms with van der Waals surface area (Å²) in [6.07, 6.45) is 3.93. The van der Waals surface area contributed by atoms with Gasteiger partial charge in [0.25, 0.3) is 0 Å². The highest BCUT2D eigenvalue weighted by Crippen LogP contribution is 2.31. The molecule has 1 aliphatic carbocycles. The van der Waals surface area contributed by atoms with Gasteiger partial charge in [-0.1, -0.05) is 13.8 Å². The van der Waals surface area contributed by atoms with Crippen LogP contribution in [0.4, 0.5) is 5.82 Å². The molecule has 1 aliphatic rings. The average Bonchev–Trinajstić information content (AvgIpc) is 2.96. The number of anilines is 1. The minimum absolute atomic E-state index is 0.358. The second kappa shape index (κ2) is 6.28. The van der Waals surface area contributed by atoms with Gasteiger partial charge < -0.3 is 10.1 Å². The zero-order valence-electron chi connectivity index (χ0n) is 12.9. The van der Waals surface area contributed by atoms with Crippen LogP contribution >= 0.6 is 11.3 Å². The number of nitrogens with one attached hydrogen (secondary N) is 1. The first-order chi connectivity index (χ1) is 10.2. The van der Waals surface area contributed by atoms with Crippen LogP contribution in [-0.2, 0) is 11.3 Å². The van der Waals surface area contributed by atoms with Crippen molar-refractivity contribution in [1.82, 2.24) is 9.97 Å². The van der Waals surface area contributed by atoms with Crippen LogP contribution in [0.5, 0.6) is 0 Å². The first-order valence-electron chi connectivity index (χ1n) is 7.71. The molecule has 21 heavy (non-hydrogen) atoms. The normalized spacial score (nSPS) is 26.1. The van der Waals surface area contributed by atoms with E-state index in [1.165, 1.54) is 6.42 Å². The number of nitrogens with zero attached hydrogens (tertiary/aromatic N) is 2. The van der Waals surface area contributed by atoms with Gasteiger partial charge in [-0.05, 0) is 42.5 Å². The maximum absolute atomic E-state index is 6.06. The summed E-state index contributed by atoms with van der Waals surface area (Å²) < 4.78 is 6.06. The van der Waals surface area contributed by atoms with E-state index in [-0.39, 0.29) is 0 Å². The summed E-state index contributed by atoms with van der Waals surface area (Å²) in [6, 6.07) is 2.06. The quantitative estimate of drug-likeness (QED) is 0.925. The van der Waals surface area contributed by atoms with Crippen LogP contribution in [0.1, 0.15) is 38.9 Å². The van der Waals surface area contributed by atoms with E-state index < -0.39 is 0 Å². The molecule has 1 saturated carbocycles. The van der Waals surface area contributed by atoms with Crippen molar-refractivity contribution < 1.29 is 4.74 Å². The zero-order valence-corrected chi connectivity index (χ0v) is 13.7. The van der Waals surface area contributed by atoms with Crippen molar-refractivity contribution in [2.45, 2.75) is 45.8 Å². The van der Waals surface area contributed by atoms with Crippen LogP contribution in [-0.4, -0.2) is 23.1 Å². The molecule has 5 heteroatoms. The molecule has 2 aromatic heterocycles. The molecule has 0 spiro atoms. The van der Waals surface area contributed by atoms with Crippen molar-refractivity contribution in [1.29, 1.82) is 0 Å². The van der Waals surface area contributed by atoms with Gasteiger partial charge in [-0.3, -0.25) is 0 Å². The molecule has 1 fully saturated rings. The molecule has 2 aromatic rings. The monoisotopic (exact) mass is 305 g/mol. The predicted molar refractivity (Wildman–Crippen MR) is 87.7 cm³/mol. The van der Waals surface area contributed by atoms with Crippen LogP contribution < -0.4 is 5.32 Å². The average molecular weight is 305 g/mol. The minimum atomic E-state index is 0.358. The molecule has 0 aliphatic heterocycles. The molecule has 3 rings (SSSR count). The highest BCUT2D eigenvalue weighted by molar-refractivity contribution is 7.16.